The molecule has 1 aromatic heterocycles. The van der Waals surface area contributed by atoms with Crippen molar-refractivity contribution >= 4 is 11.0 Å². The lowest BCUT2D eigenvalue weighted by Gasteiger charge is -2.31. The van der Waals surface area contributed by atoms with Crippen LogP contribution >= 0.6 is 0 Å². The maximum absolute atomic E-state index is 4.68. The van der Waals surface area contributed by atoms with Gasteiger partial charge in [-0.2, -0.15) is 0 Å². The molecule has 2 fully saturated rings. The first kappa shape index (κ1) is 13.3. The summed E-state index contributed by atoms with van der Waals surface area (Å²) in [5.41, 5.74) is 2.22. The highest BCUT2D eigenvalue weighted by molar-refractivity contribution is 5.74. The van der Waals surface area contributed by atoms with Gasteiger partial charge >= 0.3 is 0 Å². The first-order valence-electron chi connectivity index (χ1n) is 8.26. The van der Waals surface area contributed by atoms with E-state index in [2.05, 4.69) is 38.4 Å². The summed E-state index contributed by atoms with van der Waals surface area (Å²) in [6, 6.07) is 9.01. The van der Waals surface area contributed by atoms with Crippen molar-refractivity contribution in [1.82, 2.24) is 20.2 Å². The lowest BCUT2D eigenvalue weighted by atomic mass is 10.0. The molecule has 1 saturated heterocycles. The molecule has 2 aliphatic rings. The molecule has 112 valence electrons. The highest BCUT2D eigenvalue weighted by Gasteiger charge is 2.24. The zero-order valence-corrected chi connectivity index (χ0v) is 12.5. The molecule has 4 heteroatoms. The predicted octanol–water partition coefficient (Wildman–Crippen LogP) is 2.53. The summed E-state index contributed by atoms with van der Waals surface area (Å²) in [6.45, 7) is 4.55. The Morgan fingerprint density at radius 3 is 2.71 bits per heavy atom. The maximum Gasteiger partial charge on any atom is 0.121 e. The fourth-order valence-corrected chi connectivity index (χ4v) is 3.24. The number of benzene rings is 1. The average molecular weight is 284 g/mol. The number of para-hydroxylation sites is 2. The summed E-state index contributed by atoms with van der Waals surface area (Å²) in [7, 11) is 0. The van der Waals surface area contributed by atoms with Crippen LogP contribution in [0.1, 0.15) is 31.5 Å². The zero-order chi connectivity index (χ0) is 14.1. The summed E-state index contributed by atoms with van der Waals surface area (Å²) >= 11 is 0. The number of hydrogen-bond donors (Lipinski definition) is 2. The lowest BCUT2D eigenvalue weighted by molar-refractivity contribution is 0.187. The highest BCUT2D eigenvalue weighted by Crippen LogP contribution is 2.28. The standard InChI is InChI=1S/C17H24N4/c1-2-4-16-15(3-1)19-17(20-16)12-21-9-7-14(8-10-21)18-11-13-5-6-13/h1-4,13-14,18H,5-12H2,(H,19,20). The van der Waals surface area contributed by atoms with Gasteiger partial charge in [0.15, 0.2) is 0 Å². The Bertz CT molecular complexity index is 561. The van der Waals surface area contributed by atoms with Crippen molar-refractivity contribution in [3.63, 3.8) is 0 Å². The molecule has 1 aliphatic carbocycles. The van der Waals surface area contributed by atoms with Crippen LogP contribution in [0.3, 0.4) is 0 Å². The van der Waals surface area contributed by atoms with Crippen LogP contribution in [0.25, 0.3) is 11.0 Å². The van der Waals surface area contributed by atoms with Crippen molar-refractivity contribution in [2.75, 3.05) is 19.6 Å². The Kier molecular flexibility index (Phi) is 3.65. The van der Waals surface area contributed by atoms with Crippen LogP contribution in [0.5, 0.6) is 0 Å². The Morgan fingerprint density at radius 2 is 1.95 bits per heavy atom. The minimum atomic E-state index is 0.734. The van der Waals surface area contributed by atoms with Gasteiger partial charge in [0.25, 0.3) is 0 Å². The topological polar surface area (TPSA) is 44.0 Å². The number of nitrogens with zero attached hydrogens (tertiary/aromatic N) is 2. The SMILES string of the molecule is c1ccc2[nH]c(CN3CCC(NCC4CC4)CC3)nc2c1. The Labute approximate surface area is 125 Å². The predicted molar refractivity (Wildman–Crippen MR) is 85.1 cm³/mol. The molecule has 21 heavy (non-hydrogen) atoms. The van der Waals surface area contributed by atoms with E-state index in [4.69, 9.17) is 0 Å². The van der Waals surface area contributed by atoms with Crippen molar-refractivity contribution in [3.8, 4) is 0 Å². The van der Waals surface area contributed by atoms with Gasteiger partial charge in [-0.3, -0.25) is 4.90 Å². The van der Waals surface area contributed by atoms with E-state index in [0.29, 0.717) is 0 Å². The molecule has 4 nitrogen and oxygen atoms in total. The van der Waals surface area contributed by atoms with Gasteiger partial charge in [0.2, 0.25) is 0 Å². The highest BCUT2D eigenvalue weighted by atomic mass is 15.2. The molecule has 1 aliphatic heterocycles. The van der Waals surface area contributed by atoms with Gasteiger partial charge in [-0.25, -0.2) is 4.98 Å². The van der Waals surface area contributed by atoms with Crippen molar-refractivity contribution in [1.29, 1.82) is 0 Å². The Hall–Kier alpha value is -1.39. The third kappa shape index (κ3) is 3.27. The molecular formula is C17H24N4. The summed E-state index contributed by atoms with van der Waals surface area (Å²) in [5.74, 6) is 2.08. The van der Waals surface area contributed by atoms with Crippen molar-refractivity contribution in [2.24, 2.45) is 5.92 Å². The maximum atomic E-state index is 4.68. The van der Waals surface area contributed by atoms with Crippen LogP contribution in [0.2, 0.25) is 0 Å². The second kappa shape index (κ2) is 5.78. The normalized spacial score (nSPS) is 21.1. The summed E-state index contributed by atoms with van der Waals surface area (Å²) in [6.07, 6.45) is 5.43. The number of aromatic nitrogens is 2. The molecule has 4 rings (SSSR count). The molecule has 0 spiro atoms. The molecule has 0 amide bonds. The molecule has 2 heterocycles. The molecule has 0 radical (unpaired) electrons. The van der Waals surface area contributed by atoms with E-state index in [1.807, 2.05) is 6.07 Å². The quantitative estimate of drug-likeness (QED) is 0.887. The minimum Gasteiger partial charge on any atom is -0.341 e. The second-order valence-electron chi connectivity index (χ2n) is 6.60. The number of likely N-dealkylation sites (tertiary alicyclic amines) is 1. The summed E-state index contributed by atoms with van der Waals surface area (Å²) in [5, 5.41) is 3.74. The van der Waals surface area contributed by atoms with Gasteiger partial charge < -0.3 is 10.3 Å². The molecular weight excluding hydrogens is 260 g/mol. The van der Waals surface area contributed by atoms with Crippen LogP contribution in [-0.2, 0) is 6.54 Å². The number of hydrogen-bond acceptors (Lipinski definition) is 3. The molecule has 2 aromatic rings. The van der Waals surface area contributed by atoms with Crippen molar-refractivity contribution in [2.45, 2.75) is 38.3 Å². The number of rotatable bonds is 5. The molecule has 0 atom stereocenters. The first-order valence-corrected chi connectivity index (χ1v) is 8.26. The second-order valence-corrected chi connectivity index (χ2v) is 6.60. The van der Waals surface area contributed by atoms with Gasteiger partial charge in [0.1, 0.15) is 5.82 Å². The number of fused-ring (bicyclic) bond motifs is 1. The fraction of sp³-hybridized carbons (Fsp3) is 0.588. The van der Waals surface area contributed by atoms with E-state index in [9.17, 15) is 0 Å². The van der Waals surface area contributed by atoms with Crippen molar-refractivity contribution in [3.05, 3.63) is 30.1 Å². The fourth-order valence-electron chi connectivity index (χ4n) is 3.24. The van der Waals surface area contributed by atoms with E-state index in [0.717, 1.165) is 35.4 Å². The van der Waals surface area contributed by atoms with Crippen LogP contribution in [0.4, 0.5) is 0 Å². The zero-order valence-electron chi connectivity index (χ0n) is 12.5. The number of piperidine rings is 1. The number of aromatic amines is 1. The summed E-state index contributed by atoms with van der Waals surface area (Å²) < 4.78 is 0. The lowest BCUT2D eigenvalue weighted by Crippen LogP contribution is -2.42. The number of H-pyrrole nitrogens is 1. The van der Waals surface area contributed by atoms with Gasteiger partial charge in [-0.05, 0) is 50.3 Å². The Morgan fingerprint density at radius 1 is 1.14 bits per heavy atom. The minimum absolute atomic E-state index is 0.734. The third-order valence-electron chi connectivity index (χ3n) is 4.79. The van der Waals surface area contributed by atoms with E-state index in [1.54, 1.807) is 0 Å². The average Bonchev–Trinajstić information content (AvgIpc) is 3.25. The monoisotopic (exact) mass is 284 g/mol. The van der Waals surface area contributed by atoms with Gasteiger partial charge in [-0.15, -0.1) is 0 Å². The largest absolute Gasteiger partial charge is 0.341 e. The molecule has 2 N–H and O–H groups in total. The number of nitrogens with one attached hydrogen (secondary N) is 2. The van der Waals surface area contributed by atoms with Crippen molar-refractivity contribution < 1.29 is 0 Å². The first-order chi connectivity index (χ1) is 10.4. The van der Waals surface area contributed by atoms with E-state index in [-0.39, 0.29) is 0 Å². The molecule has 1 saturated carbocycles. The Balaban J connectivity index is 1.29. The smallest absolute Gasteiger partial charge is 0.121 e. The van der Waals surface area contributed by atoms with Gasteiger partial charge in [0, 0.05) is 19.1 Å². The van der Waals surface area contributed by atoms with Gasteiger partial charge in [0.05, 0.1) is 17.6 Å². The van der Waals surface area contributed by atoms with E-state index < -0.39 is 0 Å². The van der Waals surface area contributed by atoms with E-state index in [1.165, 1.54) is 45.3 Å². The van der Waals surface area contributed by atoms with Crippen LogP contribution < -0.4 is 5.32 Å². The van der Waals surface area contributed by atoms with Gasteiger partial charge in [-0.1, -0.05) is 12.1 Å². The van der Waals surface area contributed by atoms with Crippen LogP contribution in [0, 0.1) is 5.92 Å². The number of imidazole rings is 1. The molecule has 1 aromatic carbocycles. The van der Waals surface area contributed by atoms with E-state index >= 15 is 0 Å². The van der Waals surface area contributed by atoms with Crippen LogP contribution in [0.15, 0.2) is 24.3 Å². The molecule has 0 bridgehead atoms. The van der Waals surface area contributed by atoms with Crippen LogP contribution in [-0.4, -0.2) is 40.5 Å². The third-order valence-corrected chi connectivity index (χ3v) is 4.79. The molecule has 0 unspecified atom stereocenters. The summed E-state index contributed by atoms with van der Waals surface area (Å²) in [4.78, 5) is 10.6.